The first-order valence-corrected chi connectivity index (χ1v) is 4.12. The number of hydrogen-bond donors (Lipinski definition) is 1. The van der Waals surface area contributed by atoms with E-state index < -0.39 is 10.8 Å². The van der Waals surface area contributed by atoms with Crippen LogP contribution < -0.4 is 0 Å². The predicted octanol–water partition coefficient (Wildman–Crippen LogP) is 0.312. The normalized spacial score (nSPS) is 17.9. The average molecular weight is 157 g/mol. The fourth-order valence-corrected chi connectivity index (χ4v) is 1.02. The highest BCUT2D eigenvalue weighted by Gasteiger charge is 2.03. The van der Waals surface area contributed by atoms with Gasteiger partial charge in [-0.3, -0.25) is 4.21 Å². The van der Waals surface area contributed by atoms with Crippen molar-refractivity contribution in [1.29, 1.82) is 0 Å². The molecule has 0 aromatic heterocycles. The van der Waals surface area contributed by atoms with Crippen molar-refractivity contribution >= 4 is 22.4 Å². The Balaban J connectivity index is 3.33. The standard InChI is InChI=1S/C4H9ClO2S/c1-4(5)8(7)3-2-6/h4,6H,2-3H2,1H3. The van der Waals surface area contributed by atoms with Gasteiger partial charge < -0.3 is 5.11 Å². The van der Waals surface area contributed by atoms with Gasteiger partial charge in [-0.05, 0) is 6.92 Å². The number of rotatable bonds is 3. The van der Waals surface area contributed by atoms with E-state index in [0.717, 1.165) is 0 Å². The first-order valence-electron chi connectivity index (χ1n) is 2.30. The molecule has 0 spiro atoms. The van der Waals surface area contributed by atoms with Crippen LogP contribution in [0.4, 0.5) is 0 Å². The Morgan fingerprint density at radius 2 is 2.38 bits per heavy atom. The Morgan fingerprint density at radius 3 is 2.50 bits per heavy atom. The second-order valence-electron chi connectivity index (χ2n) is 1.35. The van der Waals surface area contributed by atoms with E-state index in [2.05, 4.69) is 0 Å². The van der Waals surface area contributed by atoms with Crippen LogP contribution in [0.15, 0.2) is 0 Å². The van der Waals surface area contributed by atoms with Crippen LogP contribution in [0.25, 0.3) is 0 Å². The number of aliphatic hydroxyl groups is 1. The molecule has 50 valence electrons. The second kappa shape index (κ2) is 4.30. The molecule has 0 saturated carbocycles. The molecule has 2 nitrogen and oxygen atoms in total. The van der Waals surface area contributed by atoms with Crippen molar-refractivity contribution < 1.29 is 9.32 Å². The maximum Gasteiger partial charge on any atom is 0.106 e. The quantitative estimate of drug-likeness (QED) is 0.598. The Hall–Kier alpha value is 0.400. The van der Waals surface area contributed by atoms with Gasteiger partial charge in [-0.2, -0.15) is 0 Å². The molecular weight excluding hydrogens is 148 g/mol. The van der Waals surface area contributed by atoms with E-state index in [-0.39, 0.29) is 17.1 Å². The van der Waals surface area contributed by atoms with Crippen molar-refractivity contribution in [3.05, 3.63) is 0 Å². The Kier molecular flexibility index (Phi) is 4.51. The van der Waals surface area contributed by atoms with Gasteiger partial charge in [-0.1, -0.05) is 0 Å². The molecule has 1 N–H and O–H groups in total. The molecule has 0 heterocycles. The summed E-state index contributed by atoms with van der Waals surface area (Å²) in [7, 11) is -1.06. The highest BCUT2D eigenvalue weighted by atomic mass is 35.5. The first-order chi connectivity index (χ1) is 3.68. The van der Waals surface area contributed by atoms with Gasteiger partial charge in [-0.25, -0.2) is 0 Å². The van der Waals surface area contributed by atoms with Crippen molar-refractivity contribution in [2.75, 3.05) is 12.4 Å². The molecule has 0 rings (SSSR count). The number of aliphatic hydroxyl groups excluding tert-OH is 1. The summed E-state index contributed by atoms with van der Waals surface area (Å²) >= 11 is 5.40. The summed E-state index contributed by atoms with van der Waals surface area (Å²) < 4.78 is 10.2. The van der Waals surface area contributed by atoms with E-state index in [1.54, 1.807) is 6.92 Å². The number of halogens is 1. The summed E-state index contributed by atoms with van der Waals surface area (Å²) in [6.45, 7) is 1.59. The van der Waals surface area contributed by atoms with Gasteiger partial charge in [0.2, 0.25) is 0 Å². The maximum absolute atomic E-state index is 10.6. The average Bonchev–Trinajstić information content (AvgIpc) is 1.67. The van der Waals surface area contributed by atoms with Gasteiger partial charge in [-0.15, -0.1) is 11.6 Å². The van der Waals surface area contributed by atoms with E-state index >= 15 is 0 Å². The molecular formula is C4H9ClO2S. The van der Waals surface area contributed by atoms with E-state index in [9.17, 15) is 4.21 Å². The number of hydrogen-bond acceptors (Lipinski definition) is 2. The molecule has 4 heteroatoms. The molecule has 2 unspecified atom stereocenters. The van der Waals surface area contributed by atoms with Crippen molar-refractivity contribution in [3.8, 4) is 0 Å². The zero-order valence-electron chi connectivity index (χ0n) is 4.63. The summed E-state index contributed by atoms with van der Waals surface area (Å²) in [4.78, 5) is 0. The molecule has 2 atom stereocenters. The first kappa shape index (κ1) is 8.40. The highest BCUT2D eigenvalue weighted by molar-refractivity contribution is 7.86. The van der Waals surface area contributed by atoms with Crippen molar-refractivity contribution in [1.82, 2.24) is 0 Å². The van der Waals surface area contributed by atoms with E-state index in [4.69, 9.17) is 16.7 Å². The lowest BCUT2D eigenvalue weighted by molar-refractivity contribution is 0.321. The lowest BCUT2D eigenvalue weighted by Gasteiger charge is -1.98. The summed E-state index contributed by atoms with van der Waals surface area (Å²) in [6.07, 6.45) is 0. The Labute approximate surface area is 56.3 Å². The van der Waals surface area contributed by atoms with Crippen LogP contribution in [0.1, 0.15) is 6.92 Å². The molecule has 0 amide bonds. The minimum atomic E-state index is -1.06. The Bertz CT molecular complexity index is 84.1. The highest BCUT2D eigenvalue weighted by Crippen LogP contribution is 1.99. The van der Waals surface area contributed by atoms with Crippen molar-refractivity contribution in [3.63, 3.8) is 0 Å². The summed E-state index contributed by atoms with van der Waals surface area (Å²) in [5, 5.41) is 8.23. The second-order valence-corrected chi connectivity index (χ2v) is 4.14. The van der Waals surface area contributed by atoms with Crippen molar-refractivity contribution in [2.24, 2.45) is 0 Å². The van der Waals surface area contributed by atoms with Crippen LogP contribution in [-0.4, -0.2) is 26.4 Å². The summed E-state index contributed by atoms with van der Waals surface area (Å²) in [6, 6.07) is 0. The fraction of sp³-hybridized carbons (Fsp3) is 1.00. The van der Waals surface area contributed by atoms with Gasteiger partial charge in [0.1, 0.15) is 4.71 Å². The smallest absolute Gasteiger partial charge is 0.106 e. The third kappa shape index (κ3) is 3.41. The van der Waals surface area contributed by atoms with Crippen LogP contribution in [0.5, 0.6) is 0 Å². The molecule has 0 aromatic rings. The molecule has 0 aromatic carbocycles. The van der Waals surface area contributed by atoms with E-state index in [1.807, 2.05) is 0 Å². The SMILES string of the molecule is CC(Cl)S(=O)CCO. The lowest BCUT2D eigenvalue weighted by atomic mass is 10.9. The van der Waals surface area contributed by atoms with Crippen LogP contribution >= 0.6 is 11.6 Å². The zero-order valence-corrected chi connectivity index (χ0v) is 6.21. The molecule has 0 saturated heterocycles. The van der Waals surface area contributed by atoms with Gasteiger partial charge in [0, 0.05) is 16.6 Å². The van der Waals surface area contributed by atoms with Gasteiger partial charge in [0.15, 0.2) is 0 Å². The van der Waals surface area contributed by atoms with E-state index in [0.29, 0.717) is 0 Å². The van der Waals surface area contributed by atoms with Crippen LogP contribution in [0.3, 0.4) is 0 Å². The van der Waals surface area contributed by atoms with Gasteiger partial charge in [0.05, 0.1) is 6.61 Å². The van der Waals surface area contributed by atoms with Crippen LogP contribution in [0.2, 0.25) is 0 Å². The van der Waals surface area contributed by atoms with E-state index in [1.165, 1.54) is 0 Å². The largest absolute Gasteiger partial charge is 0.395 e. The van der Waals surface area contributed by atoms with Crippen LogP contribution in [0, 0.1) is 0 Å². The number of alkyl halides is 1. The third-order valence-electron chi connectivity index (χ3n) is 0.655. The molecule has 0 bridgehead atoms. The maximum atomic E-state index is 10.6. The minimum Gasteiger partial charge on any atom is -0.395 e. The monoisotopic (exact) mass is 156 g/mol. The summed E-state index contributed by atoms with van der Waals surface area (Å²) in [5.41, 5.74) is 0. The third-order valence-corrected chi connectivity index (χ3v) is 2.56. The van der Waals surface area contributed by atoms with Crippen molar-refractivity contribution in [2.45, 2.75) is 11.6 Å². The van der Waals surface area contributed by atoms with Crippen LogP contribution in [-0.2, 0) is 10.8 Å². The zero-order chi connectivity index (χ0) is 6.57. The minimum absolute atomic E-state index is 0.0519. The molecule has 0 aliphatic heterocycles. The van der Waals surface area contributed by atoms with Gasteiger partial charge >= 0.3 is 0 Å². The molecule has 0 aliphatic rings. The lowest BCUT2D eigenvalue weighted by Crippen LogP contribution is -2.09. The molecule has 0 radical (unpaired) electrons. The predicted molar refractivity (Wildman–Crippen MR) is 35.4 cm³/mol. The molecule has 0 aliphatic carbocycles. The topological polar surface area (TPSA) is 37.3 Å². The summed E-state index contributed by atoms with van der Waals surface area (Å²) in [5.74, 6) is 0.282. The molecule has 0 fully saturated rings. The Morgan fingerprint density at radius 1 is 1.88 bits per heavy atom. The van der Waals surface area contributed by atoms with Gasteiger partial charge in [0.25, 0.3) is 0 Å². The molecule has 8 heavy (non-hydrogen) atoms. The fourth-order valence-electron chi connectivity index (χ4n) is 0.252.